The van der Waals surface area contributed by atoms with Gasteiger partial charge in [0.25, 0.3) is 0 Å². The number of carboxylic acid groups (broad SMARTS) is 4. The third-order valence-electron chi connectivity index (χ3n) is 14.8. The Labute approximate surface area is 534 Å². The fraction of sp³-hybridized carbons (Fsp3) is 0.944. The Kier molecular flexibility index (Phi) is 106. The third kappa shape index (κ3) is 121. The van der Waals surface area contributed by atoms with Gasteiger partial charge in [-0.25, -0.2) is 0 Å². The molecule has 0 heterocycles. The second-order valence-corrected chi connectivity index (χ2v) is 32.1. The average Bonchev–Trinajstić information content (AvgIpc) is 3.45. The average molecular weight is 1380 g/mol. The summed E-state index contributed by atoms with van der Waals surface area (Å²) in [5.41, 5.74) is 0. The van der Waals surface area contributed by atoms with Gasteiger partial charge in [-0.15, -0.1) is 0 Å². The van der Waals surface area contributed by atoms with Gasteiger partial charge in [0.1, 0.15) is 0 Å². The maximum atomic E-state index is 10.1. The van der Waals surface area contributed by atoms with Gasteiger partial charge in [0.2, 0.25) is 0 Å². The Morgan fingerprint density at radius 3 is 0.451 bits per heavy atom. The first kappa shape index (κ1) is 92.6. The standard InChI is InChI=1S/4C12H24O2.2C8H17.2C4H9.2Sn/c4*1-2-3-4-5-6-7-8-9-10-11-12(13)14;2*1-3-5-7-8-6-4-2;2*1-3-4-2;;/h4*2-11H2,1H3,(H,13,14);2*1,3-8H2,2H3;2*1,3-4H2,2H3;;/q;;;;;;;;2*+2/p-4. The number of rotatable bonds is 60. The fourth-order valence-corrected chi connectivity index (χ4v) is 17.0. The molecule has 0 aliphatic rings. The number of carbonyl (C=O) groups excluding carboxylic acids is 4. The van der Waals surface area contributed by atoms with Crippen molar-refractivity contribution in [2.24, 2.45) is 0 Å². The predicted molar refractivity (Wildman–Crippen MR) is 355 cm³/mol. The third-order valence-corrected chi connectivity index (χ3v) is 22.8. The van der Waals surface area contributed by atoms with Crippen LogP contribution in [0.1, 0.15) is 415 Å². The molecule has 0 rings (SSSR count). The Morgan fingerprint density at radius 2 is 0.305 bits per heavy atom. The molecule has 0 radical (unpaired) electrons. The normalized spacial score (nSPS) is 10.2. The van der Waals surface area contributed by atoms with E-state index in [1.807, 2.05) is 0 Å². The van der Waals surface area contributed by atoms with Crippen LogP contribution in [0.25, 0.3) is 0 Å². The fourth-order valence-electron chi connectivity index (χ4n) is 9.23. The molecule has 0 spiro atoms. The van der Waals surface area contributed by atoms with E-state index in [4.69, 9.17) is 0 Å². The molecule has 0 aliphatic heterocycles. The first-order chi connectivity index (χ1) is 39.9. The second kappa shape index (κ2) is 94.2. The van der Waals surface area contributed by atoms with Gasteiger partial charge in [-0.3, -0.25) is 0 Å². The van der Waals surface area contributed by atoms with Crippen LogP contribution in [0.4, 0.5) is 0 Å². The van der Waals surface area contributed by atoms with E-state index >= 15 is 0 Å². The second-order valence-electron chi connectivity index (χ2n) is 23.5. The Morgan fingerprint density at radius 1 is 0.183 bits per heavy atom. The van der Waals surface area contributed by atoms with Crippen LogP contribution in [-0.2, 0) is 19.2 Å². The molecule has 488 valence electrons. The minimum absolute atomic E-state index is 0.0736. The molecule has 8 nitrogen and oxygen atoms in total. The molecule has 0 unspecified atom stereocenters. The molecule has 0 aromatic carbocycles. The summed E-state index contributed by atoms with van der Waals surface area (Å²) in [5.74, 6) is -3.64. The van der Waals surface area contributed by atoms with Crippen LogP contribution in [0, 0.1) is 0 Å². The van der Waals surface area contributed by atoms with Gasteiger partial charge in [0.15, 0.2) is 0 Å². The van der Waals surface area contributed by atoms with Crippen LogP contribution >= 0.6 is 0 Å². The summed E-state index contributed by atoms with van der Waals surface area (Å²) >= 11 is 0.223. The first-order valence-corrected chi connectivity index (χ1v) is 44.2. The van der Waals surface area contributed by atoms with Crippen molar-refractivity contribution in [3.8, 4) is 0 Å². The summed E-state index contributed by atoms with van der Waals surface area (Å²) in [7, 11) is 0. The summed E-state index contributed by atoms with van der Waals surface area (Å²) < 4.78 is 6.56. The maximum absolute atomic E-state index is 10.1. The first-order valence-electron chi connectivity index (χ1n) is 36.1. The molecule has 0 aromatic heterocycles. The van der Waals surface area contributed by atoms with Gasteiger partial charge in [-0.05, 0) is 51.4 Å². The summed E-state index contributed by atoms with van der Waals surface area (Å²) in [5, 5.41) is 40.4. The van der Waals surface area contributed by atoms with Gasteiger partial charge in [0.05, 0.1) is 0 Å². The minimum atomic E-state index is -0.909. The Balaban J connectivity index is -0.000000213. The molecule has 0 saturated heterocycles. The van der Waals surface area contributed by atoms with Crippen LogP contribution in [0.3, 0.4) is 0 Å². The quantitative estimate of drug-likeness (QED) is 0.0430. The molecule has 0 N–H and O–H groups in total. The monoisotopic (exact) mass is 1380 g/mol. The summed E-state index contributed by atoms with van der Waals surface area (Å²) in [6.45, 7) is 18.1. The summed E-state index contributed by atoms with van der Waals surface area (Å²) in [4.78, 5) is 40.4. The van der Waals surface area contributed by atoms with Crippen molar-refractivity contribution in [2.75, 3.05) is 0 Å². The van der Waals surface area contributed by atoms with Crippen LogP contribution in [0.15, 0.2) is 0 Å². The van der Waals surface area contributed by atoms with E-state index in [0.717, 1.165) is 51.4 Å². The Bertz CT molecular complexity index is 992. The molecule has 0 bridgehead atoms. The van der Waals surface area contributed by atoms with Crippen molar-refractivity contribution in [3.63, 3.8) is 0 Å². The van der Waals surface area contributed by atoms with Crippen molar-refractivity contribution >= 4 is 66.2 Å². The number of unbranched alkanes of at least 4 members (excludes halogenated alkanes) is 44. The molecular weight excluding hydrogens is 1230 g/mol. The zero-order valence-electron chi connectivity index (χ0n) is 56.7. The molecule has 0 aliphatic carbocycles. The van der Waals surface area contributed by atoms with Crippen molar-refractivity contribution < 1.29 is 39.6 Å². The van der Waals surface area contributed by atoms with E-state index < -0.39 is 23.9 Å². The van der Waals surface area contributed by atoms with Gasteiger partial charge in [0, 0.05) is 23.9 Å². The molecule has 0 fully saturated rings. The topological polar surface area (TPSA) is 161 Å². The summed E-state index contributed by atoms with van der Waals surface area (Å²) in [6, 6.07) is 0. The van der Waals surface area contributed by atoms with E-state index in [9.17, 15) is 39.6 Å². The number of carboxylic acids is 4. The Hall–Kier alpha value is -0.523. The van der Waals surface area contributed by atoms with Crippen molar-refractivity contribution in [3.05, 3.63) is 0 Å². The van der Waals surface area contributed by atoms with Gasteiger partial charge in [-0.1, -0.05) is 233 Å². The number of hydrogen-bond donors (Lipinski definition) is 0. The molecule has 0 aromatic rings. The number of carbonyl (C=O) groups is 4. The van der Waals surface area contributed by atoms with Gasteiger partial charge < -0.3 is 39.6 Å². The zero-order chi connectivity index (χ0) is 62.2. The van der Waals surface area contributed by atoms with Gasteiger partial charge >= 0.3 is 190 Å². The zero-order valence-corrected chi connectivity index (χ0v) is 62.4. The molecule has 82 heavy (non-hydrogen) atoms. The van der Waals surface area contributed by atoms with E-state index in [0.29, 0.717) is 0 Å². The van der Waals surface area contributed by atoms with Crippen LogP contribution < -0.4 is 20.4 Å². The van der Waals surface area contributed by atoms with E-state index in [-0.39, 0.29) is 68.0 Å². The van der Waals surface area contributed by atoms with E-state index in [2.05, 4.69) is 55.4 Å². The SMILES string of the molecule is CCCCCCCCCCCC(=O)[O-].CCCCCCCCCCCC(=O)[O-].CCCCCCCCCCCC(=O)[O-].CCCCCCCCCCCC(=O)[O-].CCCCCCC[CH2][Sn+2][CH2]CCCCCCC.CCC[CH2][Sn+2][CH2]CCC. The molecule has 0 amide bonds. The molecule has 0 saturated carbocycles. The molecule has 10 heteroatoms. The van der Waals surface area contributed by atoms with Crippen molar-refractivity contribution in [1.29, 1.82) is 0 Å². The number of aliphatic carboxylic acids is 4. The van der Waals surface area contributed by atoms with Crippen LogP contribution in [0.2, 0.25) is 17.7 Å². The van der Waals surface area contributed by atoms with E-state index in [1.54, 1.807) is 30.6 Å². The van der Waals surface area contributed by atoms with Crippen LogP contribution in [-0.4, -0.2) is 66.2 Å². The predicted octanol–water partition coefficient (Wildman–Crippen LogP) is 20.0. The summed E-state index contributed by atoms with van der Waals surface area (Å²) in [6.07, 6.45) is 68.3. The van der Waals surface area contributed by atoms with Crippen molar-refractivity contribution in [1.82, 2.24) is 0 Å². The molecule has 0 atom stereocenters. The van der Waals surface area contributed by atoms with Crippen molar-refractivity contribution in [2.45, 2.75) is 433 Å². The number of hydrogen-bond acceptors (Lipinski definition) is 8. The van der Waals surface area contributed by atoms with E-state index in [1.165, 1.54) is 270 Å². The molecular formula is C72H144O8Sn2. The van der Waals surface area contributed by atoms with Gasteiger partial charge in [-0.2, -0.15) is 0 Å². The van der Waals surface area contributed by atoms with Crippen LogP contribution in [0.5, 0.6) is 0 Å².